The second-order valence-corrected chi connectivity index (χ2v) is 6.38. The van der Waals surface area contributed by atoms with Gasteiger partial charge >= 0.3 is 0 Å². The molecule has 1 N–H and O–H groups in total. The normalized spacial score (nSPS) is 16.7. The van der Waals surface area contributed by atoms with Crippen molar-refractivity contribution in [2.24, 2.45) is 0 Å². The summed E-state index contributed by atoms with van der Waals surface area (Å²) in [5.74, 6) is 2.04. The lowest BCUT2D eigenvalue weighted by Crippen LogP contribution is -2.12. The van der Waals surface area contributed by atoms with Gasteiger partial charge in [0.15, 0.2) is 0 Å². The highest BCUT2D eigenvalue weighted by atomic mass is 32.2. The first kappa shape index (κ1) is 14.5. The molecule has 2 aromatic rings. The Balaban J connectivity index is 1.56. The van der Waals surface area contributed by atoms with Crippen LogP contribution in [0.1, 0.15) is 23.6 Å². The van der Waals surface area contributed by atoms with Crippen LogP contribution in [0.25, 0.3) is 0 Å². The fourth-order valence-corrected chi connectivity index (χ4v) is 3.64. The van der Waals surface area contributed by atoms with E-state index in [1.807, 2.05) is 24.9 Å². The van der Waals surface area contributed by atoms with Crippen molar-refractivity contribution >= 4 is 11.8 Å². The number of hydrogen-bond donors (Lipinski definition) is 1. The van der Waals surface area contributed by atoms with E-state index in [1.165, 1.54) is 22.4 Å². The van der Waals surface area contributed by atoms with Crippen molar-refractivity contribution < 1.29 is 4.74 Å². The summed E-state index contributed by atoms with van der Waals surface area (Å²) >= 11 is 1.84. The number of thioether (sulfide) groups is 1. The van der Waals surface area contributed by atoms with Crippen LogP contribution in [0.4, 0.5) is 0 Å². The Bertz CT molecular complexity index is 585. The summed E-state index contributed by atoms with van der Waals surface area (Å²) in [5.41, 5.74) is 2.80. The summed E-state index contributed by atoms with van der Waals surface area (Å²) in [7, 11) is 2.03. The van der Waals surface area contributed by atoms with Crippen molar-refractivity contribution in [3.63, 3.8) is 0 Å². The Morgan fingerprint density at radius 1 is 1.14 bits per heavy atom. The number of hydrogen-bond acceptors (Lipinski definition) is 3. The first-order valence-electron chi connectivity index (χ1n) is 7.48. The predicted molar refractivity (Wildman–Crippen MR) is 89.2 cm³/mol. The van der Waals surface area contributed by atoms with Crippen molar-refractivity contribution in [3.05, 3.63) is 59.7 Å². The van der Waals surface area contributed by atoms with Gasteiger partial charge in [-0.25, -0.2) is 0 Å². The molecule has 3 heteroatoms. The molecule has 0 fully saturated rings. The van der Waals surface area contributed by atoms with E-state index >= 15 is 0 Å². The van der Waals surface area contributed by atoms with Crippen LogP contribution in [-0.4, -0.2) is 19.4 Å². The average Bonchev–Trinajstić information content (AvgIpc) is 2.96. The van der Waals surface area contributed by atoms with Crippen LogP contribution in [-0.2, 0) is 6.42 Å². The highest BCUT2D eigenvalue weighted by Gasteiger charge is 2.23. The van der Waals surface area contributed by atoms with E-state index < -0.39 is 0 Å². The van der Waals surface area contributed by atoms with Crippen molar-refractivity contribution in [1.29, 1.82) is 0 Å². The Morgan fingerprint density at radius 3 is 2.81 bits per heavy atom. The minimum absolute atomic E-state index is 0.488. The van der Waals surface area contributed by atoms with E-state index in [4.69, 9.17) is 4.74 Å². The molecule has 0 aromatic heterocycles. The molecule has 2 nitrogen and oxygen atoms in total. The molecule has 0 saturated heterocycles. The average molecular weight is 299 g/mol. The zero-order valence-electron chi connectivity index (χ0n) is 12.3. The fourth-order valence-electron chi connectivity index (χ4n) is 2.88. The highest BCUT2D eigenvalue weighted by Crippen LogP contribution is 2.36. The van der Waals surface area contributed by atoms with Crippen molar-refractivity contribution in [2.75, 3.05) is 19.4 Å². The number of rotatable bonds is 6. The van der Waals surface area contributed by atoms with Gasteiger partial charge in [0.05, 0.1) is 6.61 Å². The van der Waals surface area contributed by atoms with Gasteiger partial charge in [-0.1, -0.05) is 30.3 Å². The standard InChI is InChI=1S/C18H21NOS/c1-19-17-11-10-16-15(17)8-5-9-18(16)20-12-13-21-14-6-3-2-4-7-14/h2-9,17,19H,10-13H2,1H3. The van der Waals surface area contributed by atoms with Crippen molar-refractivity contribution in [3.8, 4) is 5.75 Å². The zero-order chi connectivity index (χ0) is 14.5. The predicted octanol–water partition coefficient (Wildman–Crippen LogP) is 4.06. The molecule has 2 aromatic carbocycles. The van der Waals surface area contributed by atoms with Crippen molar-refractivity contribution in [1.82, 2.24) is 5.32 Å². The van der Waals surface area contributed by atoms with Crippen molar-refractivity contribution in [2.45, 2.75) is 23.8 Å². The van der Waals surface area contributed by atoms with Gasteiger partial charge in [0.25, 0.3) is 0 Å². The lowest BCUT2D eigenvalue weighted by Gasteiger charge is -2.13. The van der Waals surface area contributed by atoms with E-state index in [-0.39, 0.29) is 0 Å². The third kappa shape index (κ3) is 3.42. The summed E-state index contributed by atoms with van der Waals surface area (Å²) in [6.07, 6.45) is 2.29. The second-order valence-electron chi connectivity index (χ2n) is 5.21. The van der Waals surface area contributed by atoms with E-state index in [0.29, 0.717) is 6.04 Å². The maximum atomic E-state index is 6.01. The minimum atomic E-state index is 0.488. The lowest BCUT2D eigenvalue weighted by molar-refractivity contribution is 0.340. The van der Waals surface area contributed by atoms with Gasteiger partial charge in [0, 0.05) is 16.7 Å². The number of ether oxygens (including phenoxy) is 1. The van der Waals surface area contributed by atoms with Gasteiger partial charge in [0.1, 0.15) is 5.75 Å². The second kappa shape index (κ2) is 7.01. The molecule has 110 valence electrons. The lowest BCUT2D eigenvalue weighted by atomic mass is 10.1. The molecule has 1 atom stereocenters. The number of fused-ring (bicyclic) bond motifs is 1. The summed E-state index contributed by atoms with van der Waals surface area (Å²) in [5, 5.41) is 3.38. The minimum Gasteiger partial charge on any atom is -0.492 e. The van der Waals surface area contributed by atoms with E-state index in [1.54, 1.807) is 0 Å². The topological polar surface area (TPSA) is 21.3 Å². The van der Waals surface area contributed by atoms with E-state index in [0.717, 1.165) is 24.5 Å². The molecule has 0 saturated carbocycles. The van der Waals surface area contributed by atoms with Crippen LogP contribution in [0.15, 0.2) is 53.4 Å². The Morgan fingerprint density at radius 2 is 2.00 bits per heavy atom. The van der Waals surface area contributed by atoms with Crippen LogP contribution in [0.3, 0.4) is 0 Å². The zero-order valence-corrected chi connectivity index (χ0v) is 13.2. The van der Waals surface area contributed by atoms with E-state index in [2.05, 4.69) is 47.8 Å². The molecular formula is C18H21NOS. The smallest absolute Gasteiger partial charge is 0.122 e. The third-order valence-corrected chi connectivity index (χ3v) is 4.91. The maximum Gasteiger partial charge on any atom is 0.122 e. The monoisotopic (exact) mass is 299 g/mol. The summed E-state index contributed by atoms with van der Waals surface area (Å²) in [6.45, 7) is 0.750. The quantitative estimate of drug-likeness (QED) is 0.642. The molecule has 1 aliphatic carbocycles. The molecule has 1 unspecified atom stereocenters. The van der Waals surface area contributed by atoms with Gasteiger partial charge in [-0.05, 0) is 49.2 Å². The molecule has 0 bridgehead atoms. The number of nitrogens with one attached hydrogen (secondary N) is 1. The van der Waals surface area contributed by atoms with Gasteiger partial charge in [-0.15, -0.1) is 11.8 Å². The largest absolute Gasteiger partial charge is 0.492 e. The highest BCUT2D eigenvalue weighted by molar-refractivity contribution is 7.99. The number of benzene rings is 2. The van der Waals surface area contributed by atoms with Crippen LogP contribution in [0, 0.1) is 0 Å². The van der Waals surface area contributed by atoms with Gasteiger partial charge < -0.3 is 10.1 Å². The molecule has 0 heterocycles. The summed E-state index contributed by atoms with van der Waals surface area (Å²) in [4.78, 5) is 1.30. The summed E-state index contributed by atoms with van der Waals surface area (Å²) in [6, 6.07) is 17.4. The first-order chi connectivity index (χ1) is 10.4. The first-order valence-corrected chi connectivity index (χ1v) is 8.47. The van der Waals surface area contributed by atoms with Crippen LogP contribution < -0.4 is 10.1 Å². The van der Waals surface area contributed by atoms with Crippen LogP contribution >= 0.6 is 11.8 Å². The van der Waals surface area contributed by atoms with Crippen LogP contribution in [0.2, 0.25) is 0 Å². The maximum absolute atomic E-state index is 6.01. The Kier molecular flexibility index (Phi) is 4.84. The van der Waals surface area contributed by atoms with Gasteiger partial charge in [-0.3, -0.25) is 0 Å². The molecule has 1 aliphatic rings. The molecule has 3 rings (SSSR count). The molecule has 21 heavy (non-hydrogen) atoms. The van der Waals surface area contributed by atoms with Gasteiger partial charge in [0.2, 0.25) is 0 Å². The molecular weight excluding hydrogens is 278 g/mol. The Labute approximate surface area is 130 Å². The molecule has 0 amide bonds. The summed E-state index contributed by atoms with van der Waals surface area (Å²) < 4.78 is 6.01. The molecule has 0 radical (unpaired) electrons. The van der Waals surface area contributed by atoms with E-state index in [9.17, 15) is 0 Å². The SMILES string of the molecule is CNC1CCc2c(OCCSc3ccccc3)cccc21. The molecule has 0 spiro atoms. The van der Waals surface area contributed by atoms with Crippen LogP contribution in [0.5, 0.6) is 5.75 Å². The third-order valence-electron chi connectivity index (χ3n) is 3.93. The molecule has 0 aliphatic heterocycles. The fraction of sp³-hybridized carbons (Fsp3) is 0.333. The van der Waals surface area contributed by atoms with Gasteiger partial charge in [-0.2, -0.15) is 0 Å². The Hall–Kier alpha value is -1.45.